The standard InChI is InChI=1S/C11H12F3NOS/c12-11(13,14)10-15-6-9(17-10)8(16)5-7-3-1-2-4-7/h6-7H,1-5H2. The first-order valence-corrected chi connectivity index (χ1v) is 6.34. The molecule has 0 aromatic carbocycles. The largest absolute Gasteiger partial charge is 0.443 e. The van der Waals surface area contributed by atoms with Gasteiger partial charge < -0.3 is 0 Å². The van der Waals surface area contributed by atoms with Gasteiger partial charge in [0.05, 0.1) is 4.88 Å². The summed E-state index contributed by atoms with van der Waals surface area (Å²) >= 11 is 0.446. The van der Waals surface area contributed by atoms with E-state index in [-0.39, 0.29) is 10.7 Å². The molecule has 94 valence electrons. The third-order valence-corrected chi connectivity index (χ3v) is 4.06. The minimum absolute atomic E-state index is 0.129. The molecule has 0 atom stereocenters. The minimum atomic E-state index is -4.45. The molecule has 1 fully saturated rings. The summed E-state index contributed by atoms with van der Waals surface area (Å²) in [5, 5.41) is -0.938. The third kappa shape index (κ3) is 3.06. The molecule has 0 amide bonds. The van der Waals surface area contributed by atoms with Gasteiger partial charge in [0.2, 0.25) is 0 Å². The lowest BCUT2D eigenvalue weighted by molar-refractivity contribution is -0.137. The molecule has 1 aromatic rings. The SMILES string of the molecule is O=C(CC1CCCC1)c1cnc(C(F)(F)F)s1. The highest BCUT2D eigenvalue weighted by molar-refractivity contribution is 7.13. The average Bonchev–Trinajstić information content (AvgIpc) is 2.85. The number of hydrogen-bond donors (Lipinski definition) is 0. The highest BCUT2D eigenvalue weighted by atomic mass is 32.1. The van der Waals surface area contributed by atoms with E-state index >= 15 is 0 Å². The first-order valence-electron chi connectivity index (χ1n) is 5.53. The van der Waals surface area contributed by atoms with Crippen molar-refractivity contribution in [2.45, 2.75) is 38.3 Å². The van der Waals surface area contributed by atoms with E-state index in [0.29, 0.717) is 23.7 Å². The molecule has 1 aromatic heterocycles. The Morgan fingerprint density at radius 2 is 2.06 bits per heavy atom. The average molecular weight is 263 g/mol. The van der Waals surface area contributed by atoms with E-state index in [9.17, 15) is 18.0 Å². The van der Waals surface area contributed by atoms with Gasteiger partial charge in [0.1, 0.15) is 0 Å². The fourth-order valence-corrected chi connectivity index (χ4v) is 2.84. The maximum absolute atomic E-state index is 12.3. The van der Waals surface area contributed by atoms with Crippen LogP contribution in [0.15, 0.2) is 6.20 Å². The first-order chi connectivity index (χ1) is 7.97. The zero-order valence-electron chi connectivity index (χ0n) is 9.09. The van der Waals surface area contributed by atoms with E-state index in [1.807, 2.05) is 0 Å². The smallest absolute Gasteiger partial charge is 0.293 e. The number of ketones is 1. The molecule has 6 heteroatoms. The Labute approximate surface area is 101 Å². The molecule has 0 aliphatic heterocycles. The van der Waals surface area contributed by atoms with Crippen LogP contribution in [-0.2, 0) is 6.18 Å². The van der Waals surface area contributed by atoms with Crippen molar-refractivity contribution in [3.05, 3.63) is 16.1 Å². The second-order valence-corrected chi connectivity index (χ2v) is 5.34. The molecule has 0 saturated heterocycles. The van der Waals surface area contributed by atoms with E-state index in [2.05, 4.69) is 4.98 Å². The van der Waals surface area contributed by atoms with E-state index in [0.717, 1.165) is 31.9 Å². The second kappa shape index (κ2) is 4.76. The predicted octanol–water partition coefficient (Wildman–Crippen LogP) is 3.92. The van der Waals surface area contributed by atoms with Crippen LogP contribution in [0.4, 0.5) is 13.2 Å². The summed E-state index contributed by atoms with van der Waals surface area (Å²) in [5.41, 5.74) is 0. The van der Waals surface area contributed by atoms with Gasteiger partial charge in [-0.15, -0.1) is 11.3 Å². The number of carbonyl (C=O) groups is 1. The van der Waals surface area contributed by atoms with E-state index < -0.39 is 11.2 Å². The van der Waals surface area contributed by atoms with Gasteiger partial charge in [-0.1, -0.05) is 25.7 Å². The molecule has 0 bridgehead atoms. The van der Waals surface area contributed by atoms with Crippen molar-refractivity contribution in [2.24, 2.45) is 5.92 Å². The fraction of sp³-hybridized carbons (Fsp3) is 0.636. The summed E-state index contributed by atoms with van der Waals surface area (Å²) in [6.45, 7) is 0. The molecule has 1 aliphatic carbocycles. The van der Waals surface area contributed by atoms with Crippen molar-refractivity contribution < 1.29 is 18.0 Å². The van der Waals surface area contributed by atoms with Crippen LogP contribution < -0.4 is 0 Å². The van der Waals surface area contributed by atoms with E-state index in [1.54, 1.807) is 0 Å². The van der Waals surface area contributed by atoms with Gasteiger partial charge in [-0.3, -0.25) is 4.79 Å². The zero-order chi connectivity index (χ0) is 12.5. The monoisotopic (exact) mass is 263 g/mol. The Hall–Kier alpha value is -0.910. The van der Waals surface area contributed by atoms with Gasteiger partial charge in [-0.2, -0.15) is 13.2 Å². The zero-order valence-corrected chi connectivity index (χ0v) is 9.90. The Kier molecular flexibility index (Phi) is 3.51. The van der Waals surface area contributed by atoms with Gasteiger partial charge in [-0.05, 0) is 5.92 Å². The van der Waals surface area contributed by atoms with E-state index in [4.69, 9.17) is 0 Å². The Morgan fingerprint density at radius 3 is 2.59 bits per heavy atom. The normalized spacial score (nSPS) is 17.6. The molecular formula is C11H12F3NOS. The van der Waals surface area contributed by atoms with Crippen LogP contribution in [0, 0.1) is 5.92 Å². The van der Waals surface area contributed by atoms with Crippen molar-refractivity contribution in [1.29, 1.82) is 0 Å². The Bertz CT molecular complexity index is 407. The number of nitrogens with zero attached hydrogens (tertiary/aromatic N) is 1. The van der Waals surface area contributed by atoms with Gasteiger partial charge in [0.25, 0.3) is 0 Å². The highest BCUT2D eigenvalue weighted by Gasteiger charge is 2.35. The topological polar surface area (TPSA) is 30.0 Å². The quantitative estimate of drug-likeness (QED) is 0.773. The summed E-state index contributed by atoms with van der Waals surface area (Å²) in [6.07, 6.45) is 1.22. The van der Waals surface area contributed by atoms with Crippen molar-refractivity contribution in [1.82, 2.24) is 4.98 Å². The van der Waals surface area contributed by atoms with Crippen molar-refractivity contribution >= 4 is 17.1 Å². The molecule has 1 heterocycles. The lowest BCUT2D eigenvalue weighted by Gasteiger charge is -2.05. The van der Waals surface area contributed by atoms with Crippen LogP contribution in [0.2, 0.25) is 0 Å². The van der Waals surface area contributed by atoms with Gasteiger partial charge in [0, 0.05) is 12.6 Å². The van der Waals surface area contributed by atoms with Gasteiger partial charge in [0.15, 0.2) is 10.8 Å². The van der Waals surface area contributed by atoms with Crippen LogP contribution in [0.5, 0.6) is 0 Å². The molecule has 17 heavy (non-hydrogen) atoms. The summed E-state index contributed by atoms with van der Waals surface area (Å²) in [6, 6.07) is 0. The number of hydrogen-bond acceptors (Lipinski definition) is 3. The predicted molar refractivity (Wildman–Crippen MR) is 58.0 cm³/mol. The fourth-order valence-electron chi connectivity index (χ4n) is 2.11. The molecule has 0 spiro atoms. The van der Waals surface area contributed by atoms with Crippen molar-refractivity contribution in [2.75, 3.05) is 0 Å². The number of halogens is 3. The number of rotatable bonds is 3. The minimum Gasteiger partial charge on any atom is -0.293 e. The molecule has 0 unspecified atom stereocenters. The number of Topliss-reactive ketones (excluding diaryl/α,β-unsaturated/α-hetero) is 1. The summed E-state index contributed by atoms with van der Waals surface area (Å²) in [4.78, 5) is 15.1. The van der Waals surface area contributed by atoms with Crippen LogP contribution in [0.1, 0.15) is 46.8 Å². The Morgan fingerprint density at radius 1 is 1.41 bits per heavy atom. The lowest BCUT2D eigenvalue weighted by Crippen LogP contribution is -2.04. The molecule has 0 N–H and O–H groups in total. The second-order valence-electron chi connectivity index (χ2n) is 4.31. The molecule has 2 nitrogen and oxygen atoms in total. The number of alkyl halides is 3. The van der Waals surface area contributed by atoms with Crippen LogP contribution in [0.25, 0.3) is 0 Å². The van der Waals surface area contributed by atoms with Crippen LogP contribution >= 0.6 is 11.3 Å². The van der Waals surface area contributed by atoms with Crippen molar-refractivity contribution in [3.63, 3.8) is 0 Å². The number of thiazole rings is 1. The van der Waals surface area contributed by atoms with Crippen LogP contribution in [0.3, 0.4) is 0 Å². The maximum Gasteiger partial charge on any atom is 0.443 e. The number of aromatic nitrogens is 1. The van der Waals surface area contributed by atoms with Crippen LogP contribution in [-0.4, -0.2) is 10.8 Å². The molecule has 1 aliphatic rings. The van der Waals surface area contributed by atoms with E-state index in [1.165, 1.54) is 0 Å². The first kappa shape index (κ1) is 12.5. The molecule has 0 radical (unpaired) electrons. The van der Waals surface area contributed by atoms with Gasteiger partial charge in [-0.25, -0.2) is 4.98 Å². The third-order valence-electron chi connectivity index (χ3n) is 2.97. The maximum atomic E-state index is 12.3. The van der Waals surface area contributed by atoms with Gasteiger partial charge >= 0.3 is 6.18 Å². The lowest BCUT2D eigenvalue weighted by atomic mass is 10.0. The Balaban J connectivity index is 2.01. The molecule has 2 rings (SSSR count). The van der Waals surface area contributed by atoms with Crippen molar-refractivity contribution in [3.8, 4) is 0 Å². The summed E-state index contributed by atoms with van der Waals surface area (Å²) in [5.74, 6) is 0.142. The summed E-state index contributed by atoms with van der Waals surface area (Å²) < 4.78 is 36.9. The molecular weight excluding hydrogens is 251 g/mol. The number of carbonyl (C=O) groups excluding carboxylic acids is 1. The summed E-state index contributed by atoms with van der Waals surface area (Å²) in [7, 11) is 0. The highest BCUT2D eigenvalue weighted by Crippen LogP contribution is 2.34. The molecule has 1 saturated carbocycles.